The zero-order valence-electron chi connectivity index (χ0n) is 18.5. The standard InChI is InChI=1S/C31H21N3/c1-2-11-22(12-3-1)23-13-10-14-24(21-23)30-29-19-8-9-20-33(29)31(32-30)34-27-17-6-4-15-25(27)26-16-5-7-18-28(26)34/h1-21H. The van der Waals surface area contributed by atoms with Crippen molar-refractivity contribution in [1.29, 1.82) is 0 Å². The Hall–Kier alpha value is -4.63. The van der Waals surface area contributed by atoms with E-state index in [2.05, 4.69) is 130 Å². The minimum Gasteiger partial charge on any atom is -0.285 e. The highest BCUT2D eigenvalue weighted by molar-refractivity contribution is 6.09. The molecule has 0 unspecified atom stereocenters. The molecule has 34 heavy (non-hydrogen) atoms. The van der Waals surface area contributed by atoms with Gasteiger partial charge in [0.05, 0.1) is 22.2 Å². The molecule has 0 saturated carbocycles. The van der Waals surface area contributed by atoms with Crippen LogP contribution in [0.1, 0.15) is 0 Å². The molecule has 0 aliphatic rings. The summed E-state index contributed by atoms with van der Waals surface area (Å²) in [4.78, 5) is 5.26. The maximum absolute atomic E-state index is 5.26. The van der Waals surface area contributed by atoms with Crippen LogP contribution < -0.4 is 0 Å². The second-order valence-corrected chi connectivity index (χ2v) is 8.53. The first kappa shape index (κ1) is 18.9. The Morgan fingerprint density at radius 1 is 0.471 bits per heavy atom. The minimum atomic E-state index is 0.896. The van der Waals surface area contributed by atoms with Gasteiger partial charge in [-0.1, -0.05) is 91.0 Å². The highest BCUT2D eigenvalue weighted by Gasteiger charge is 2.19. The molecule has 3 heteroatoms. The third-order valence-electron chi connectivity index (χ3n) is 6.55. The molecule has 0 radical (unpaired) electrons. The molecule has 0 N–H and O–H groups in total. The maximum atomic E-state index is 5.26. The molecule has 3 heterocycles. The van der Waals surface area contributed by atoms with Crippen LogP contribution in [0, 0.1) is 0 Å². The van der Waals surface area contributed by atoms with Crippen molar-refractivity contribution in [1.82, 2.24) is 14.0 Å². The number of rotatable bonds is 3. The second-order valence-electron chi connectivity index (χ2n) is 8.53. The molecule has 0 bridgehead atoms. The molecule has 0 spiro atoms. The Balaban J connectivity index is 1.52. The number of para-hydroxylation sites is 2. The Morgan fingerprint density at radius 2 is 1.06 bits per heavy atom. The van der Waals surface area contributed by atoms with Crippen LogP contribution in [0.15, 0.2) is 128 Å². The quantitative estimate of drug-likeness (QED) is 0.278. The summed E-state index contributed by atoms with van der Waals surface area (Å²) in [5.41, 5.74) is 7.88. The van der Waals surface area contributed by atoms with Gasteiger partial charge in [-0.05, 0) is 41.5 Å². The average molecular weight is 436 g/mol. The lowest BCUT2D eigenvalue weighted by atomic mass is 10.0. The van der Waals surface area contributed by atoms with Crippen molar-refractivity contribution in [2.45, 2.75) is 0 Å². The first-order chi connectivity index (χ1) is 16.9. The number of benzene rings is 4. The lowest BCUT2D eigenvalue weighted by molar-refractivity contribution is 0.983. The highest BCUT2D eigenvalue weighted by Crippen LogP contribution is 2.35. The van der Waals surface area contributed by atoms with Crippen molar-refractivity contribution < 1.29 is 0 Å². The molecule has 160 valence electrons. The Morgan fingerprint density at radius 3 is 1.82 bits per heavy atom. The fraction of sp³-hybridized carbons (Fsp3) is 0. The van der Waals surface area contributed by atoms with E-state index in [-0.39, 0.29) is 0 Å². The second kappa shape index (κ2) is 7.46. The van der Waals surface area contributed by atoms with Crippen molar-refractivity contribution in [3.63, 3.8) is 0 Å². The third-order valence-corrected chi connectivity index (χ3v) is 6.55. The maximum Gasteiger partial charge on any atom is 0.220 e. The van der Waals surface area contributed by atoms with Gasteiger partial charge in [0.15, 0.2) is 0 Å². The van der Waals surface area contributed by atoms with Gasteiger partial charge < -0.3 is 0 Å². The number of aromatic nitrogens is 3. The minimum absolute atomic E-state index is 0.896. The van der Waals surface area contributed by atoms with Crippen LogP contribution >= 0.6 is 0 Å². The Labute approximate surface area is 197 Å². The lowest BCUT2D eigenvalue weighted by Gasteiger charge is -2.06. The number of hydrogen-bond acceptors (Lipinski definition) is 1. The van der Waals surface area contributed by atoms with Crippen LogP contribution in [-0.2, 0) is 0 Å². The fourth-order valence-electron chi connectivity index (χ4n) is 5.01. The predicted octanol–water partition coefficient (Wildman–Crippen LogP) is 7.77. The molecular weight excluding hydrogens is 414 g/mol. The van der Waals surface area contributed by atoms with Crippen LogP contribution in [-0.4, -0.2) is 14.0 Å². The van der Waals surface area contributed by atoms with Crippen LogP contribution in [0.25, 0.3) is 55.7 Å². The van der Waals surface area contributed by atoms with E-state index < -0.39 is 0 Å². The summed E-state index contributed by atoms with van der Waals surface area (Å²) in [6, 6.07) is 42.6. The van der Waals surface area contributed by atoms with Gasteiger partial charge in [0.2, 0.25) is 5.95 Å². The predicted molar refractivity (Wildman–Crippen MR) is 140 cm³/mol. The normalized spacial score (nSPS) is 11.5. The summed E-state index contributed by atoms with van der Waals surface area (Å²) in [5.74, 6) is 0.896. The number of nitrogens with zero attached hydrogens (tertiary/aromatic N) is 3. The Kier molecular flexibility index (Phi) is 4.15. The molecular formula is C31H21N3. The van der Waals surface area contributed by atoms with E-state index in [1.54, 1.807) is 0 Å². The number of imidazole rings is 1. The first-order valence-electron chi connectivity index (χ1n) is 11.5. The van der Waals surface area contributed by atoms with Gasteiger partial charge in [0.25, 0.3) is 0 Å². The summed E-state index contributed by atoms with van der Waals surface area (Å²) < 4.78 is 4.48. The van der Waals surface area contributed by atoms with Crippen LogP contribution in [0.2, 0.25) is 0 Å². The number of hydrogen-bond donors (Lipinski definition) is 0. The van der Waals surface area contributed by atoms with Gasteiger partial charge in [-0.15, -0.1) is 0 Å². The van der Waals surface area contributed by atoms with Gasteiger partial charge in [0, 0.05) is 22.5 Å². The monoisotopic (exact) mass is 435 g/mol. The fourth-order valence-corrected chi connectivity index (χ4v) is 5.01. The summed E-state index contributed by atoms with van der Waals surface area (Å²) in [6.07, 6.45) is 2.10. The van der Waals surface area contributed by atoms with E-state index in [1.807, 2.05) is 6.07 Å². The summed E-state index contributed by atoms with van der Waals surface area (Å²) in [7, 11) is 0. The average Bonchev–Trinajstić information content (AvgIpc) is 3.45. The molecule has 0 atom stereocenters. The van der Waals surface area contributed by atoms with E-state index >= 15 is 0 Å². The largest absolute Gasteiger partial charge is 0.285 e. The van der Waals surface area contributed by atoms with E-state index in [4.69, 9.17) is 4.98 Å². The number of fused-ring (bicyclic) bond motifs is 4. The molecule has 0 aliphatic heterocycles. The first-order valence-corrected chi connectivity index (χ1v) is 11.5. The van der Waals surface area contributed by atoms with Crippen molar-refractivity contribution in [2.24, 2.45) is 0 Å². The van der Waals surface area contributed by atoms with Gasteiger partial charge in [-0.25, -0.2) is 4.98 Å². The highest BCUT2D eigenvalue weighted by atomic mass is 15.2. The van der Waals surface area contributed by atoms with Crippen molar-refractivity contribution >= 4 is 27.3 Å². The van der Waals surface area contributed by atoms with Crippen LogP contribution in [0.3, 0.4) is 0 Å². The topological polar surface area (TPSA) is 22.2 Å². The zero-order valence-corrected chi connectivity index (χ0v) is 18.5. The van der Waals surface area contributed by atoms with Crippen molar-refractivity contribution in [3.05, 3.63) is 128 Å². The summed E-state index contributed by atoms with van der Waals surface area (Å²) in [5, 5.41) is 2.47. The van der Waals surface area contributed by atoms with Crippen molar-refractivity contribution in [3.8, 4) is 28.3 Å². The molecule has 3 nitrogen and oxygen atoms in total. The molecule has 3 aromatic heterocycles. The van der Waals surface area contributed by atoms with Crippen LogP contribution in [0.5, 0.6) is 0 Å². The molecule has 0 amide bonds. The zero-order chi connectivity index (χ0) is 22.5. The summed E-state index contributed by atoms with van der Waals surface area (Å²) in [6.45, 7) is 0. The summed E-state index contributed by atoms with van der Waals surface area (Å²) >= 11 is 0. The number of pyridine rings is 1. The van der Waals surface area contributed by atoms with Crippen molar-refractivity contribution in [2.75, 3.05) is 0 Å². The van der Waals surface area contributed by atoms with Gasteiger partial charge in [-0.3, -0.25) is 8.97 Å². The van der Waals surface area contributed by atoms with Gasteiger partial charge >= 0.3 is 0 Å². The molecule has 7 aromatic rings. The van der Waals surface area contributed by atoms with Crippen LogP contribution in [0.4, 0.5) is 0 Å². The molecule has 7 rings (SSSR count). The molecule has 4 aromatic carbocycles. The van der Waals surface area contributed by atoms with E-state index in [0.29, 0.717) is 0 Å². The van der Waals surface area contributed by atoms with Gasteiger partial charge in [0.1, 0.15) is 0 Å². The molecule has 0 saturated heterocycles. The molecule has 0 aliphatic carbocycles. The third kappa shape index (κ3) is 2.81. The lowest BCUT2D eigenvalue weighted by Crippen LogP contribution is -2.00. The van der Waals surface area contributed by atoms with E-state index in [0.717, 1.165) is 33.8 Å². The van der Waals surface area contributed by atoms with Gasteiger partial charge in [-0.2, -0.15) is 0 Å². The van der Waals surface area contributed by atoms with E-state index in [9.17, 15) is 0 Å². The van der Waals surface area contributed by atoms with E-state index in [1.165, 1.54) is 21.9 Å². The smallest absolute Gasteiger partial charge is 0.220 e. The Bertz CT molecular complexity index is 1750. The molecule has 0 fully saturated rings. The SMILES string of the molecule is c1ccc(-c2cccc(-c3nc(-n4c5ccccc5c5ccccc54)n4ccccc34)c2)cc1.